The lowest BCUT2D eigenvalue weighted by molar-refractivity contribution is -0.140. The first-order valence-electron chi connectivity index (χ1n) is 14.9. The second kappa shape index (κ2) is 8.47. The van der Waals surface area contributed by atoms with E-state index in [9.17, 15) is 4.79 Å². The summed E-state index contributed by atoms with van der Waals surface area (Å²) in [6.07, 6.45) is 12.5. The third kappa shape index (κ3) is 3.31. The molecule has 2 unspecified atom stereocenters. The second-order valence-corrected chi connectivity index (χ2v) is 13.5. The number of hydrogen-bond donors (Lipinski definition) is 0. The Bertz CT molecular complexity index is 1140. The predicted octanol–water partition coefficient (Wildman–Crippen LogP) is 8.02. The van der Waals surface area contributed by atoms with E-state index in [1.54, 1.807) is 11.1 Å². The number of rotatable bonds is 2. The van der Waals surface area contributed by atoms with Crippen molar-refractivity contribution in [1.82, 2.24) is 0 Å². The van der Waals surface area contributed by atoms with Crippen molar-refractivity contribution in [3.05, 3.63) is 65.7 Å². The van der Waals surface area contributed by atoms with Gasteiger partial charge in [-0.25, -0.2) is 0 Å². The summed E-state index contributed by atoms with van der Waals surface area (Å²) in [5.74, 6) is 4.44. The number of carbonyl (C=O) groups is 1. The molecule has 0 bridgehead atoms. The van der Waals surface area contributed by atoms with Gasteiger partial charge < -0.3 is 4.90 Å². The van der Waals surface area contributed by atoms with Gasteiger partial charge in [-0.1, -0.05) is 56.3 Å². The van der Waals surface area contributed by atoms with Crippen LogP contribution in [0.3, 0.4) is 0 Å². The number of carbonyl (C=O) groups excluding carboxylic acids is 1. The van der Waals surface area contributed by atoms with Crippen molar-refractivity contribution in [3.63, 3.8) is 0 Å². The van der Waals surface area contributed by atoms with E-state index in [1.807, 2.05) is 0 Å². The van der Waals surface area contributed by atoms with Crippen molar-refractivity contribution in [2.24, 2.45) is 40.4 Å². The highest BCUT2D eigenvalue weighted by molar-refractivity contribution is 5.87. The molecule has 2 nitrogen and oxygen atoms in total. The summed E-state index contributed by atoms with van der Waals surface area (Å²) in [7, 11) is 0. The Kier molecular flexibility index (Phi) is 5.42. The molecule has 2 aromatic rings. The number of para-hydroxylation sites is 1. The summed E-state index contributed by atoms with van der Waals surface area (Å²) < 4.78 is 0. The lowest BCUT2D eigenvalue weighted by Gasteiger charge is -2.61. The molecule has 7 rings (SSSR count). The van der Waals surface area contributed by atoms with E-state index in [0.29, 0.717) is 23.2 Å². The summed E-state index contributed by atoms with van der Waals surface area (Å²) in [4.78, 5) is 15.6. The third-order valence-electron chi connectivity index (χ3n) is 12.3. The van der Waals surface area contributed by atoms with Crippen LogP contribution in [0.4, 0.5) is 5.69 Å². The SMILES string of the molecule is C[C@]12CCC(C3c4ccccc4CCN3c3ccccc3)C[C@@H]1CC[C@@H]1[C@@H]2CC[C@]2(C)C(=O)CC[C@@H]12. The van der Waals surface area contributed by atoms with Gasteiger partial charge in [-0.2, -0.15) is 0 Å². The number of fused-ring (bicyclic) bond motifs is 6. The van der Waals surface area contributed by atoms with Crippen LogP contribution in [0.5, 0.6) is 0 Å². The van der Waals surface area contributed by atoms with Gasteiger partial charge in [0, 0.05) is 24.1 Å². The lowest BCUT2D eigenvalue weighted by atomic mass is 9.44. The van der Waals surface area contributed by atoms with Gasteiger partial charge in [0.05, 0.1) is 6.04 Å². The molecule has 5 aliphatic rings. The molecular weight excluding hydrogens is 438 g/mol. The molecule has 190 valence electrons. The molecule has 4 aliphatic carbocycles. The standard InChI is InChI=1S/C34H43NO/c1-33-19-16-24(22-25(33)12-13-28-29-14-15-31(36)34(29,2)20-17-30(28)33)32-27-11-7-6-8-23(27)18-21-35(32)26-9-4-3-5-10-26/h3-11,24-25,28-30,32H,12-22H2,1-2H3/t24?,25-,28-,29-,30-,32?,33-,34-/m0/s1. The highest BCUT2D eigenvalue weighted by Gasteiger charge is 2.60. The van der Waals surface area contributed by atoms with Crippen molar-refractivity contribution < 1.29 is 4.79 Å². The van der Waals surface area contributed by atoms with Crippen molar-refractivity contribution in [2.45, 2.75) is 84.1 Å². The Morgan fingerprint density at radius 3 is 2.47 bits per heavy atom. The largest absolute Gasteiger partial charge is 0.364 e. The fourth-order valence-electron chi connectivity index (χ4n) is 10.4. The molecule has 4 fully saturated rings. The first-order valence-corrected chi connectivity index (χ1v) is 14.9. The second-order valence-electron chi connectivity index (χ2n) is 13.5. The van der Waals surface area contributed by atoms with E-state index in [0.717, 1.165) is 49.5 Å². The Hall–Kier alpha value is -2.09. The van der Waals surface area contributed by atoms with Gasteiger partial charge in [0.2, 0.25) is 0 Å². The maximum Gasteiger partial charge on any atom is 0.139 e. The molecule has 1 aliphatic heterocycles. The van der Waals surface area contributed by atoms with Gasteiger partial charge in [-0.05, 0) is 116 Å². The minimum atomic E-state index is 0.00353. The summed E-state index contributed by atoms with van der Waals surface area (Å²) in [5, 5.41) is 0. The van der Waals surface area contributed by atoms with Crippen molar-refractivity contribution in [1.29, 1.82) is 0 Å². The molecule has 0 spiro atoms. The summed E-state index contributed by atoms with van der Waals surface area (Å²) in [5.41, 5.74) is 5.03. The van der Waals surface area contributed by atoms with Crippen LogP contribution in [0.2, 0.25) is 0 Å². The molecule has 4 saturated carbocycles. The van der Waals surface area contributed by atoms with E-state index >= 15 is 0 Å². The molecule has 8 atom stereocenters. The molecule has 0 N–H and O–H groups in total. The van der Waals surface area contributed by atoms with E-state index in [4.69, 9.17) is 0 Å². The van der Waals surface area contributed by atoms with Gasteiger partial charge in [-0.3, -0.25) is 4.79 Å². The predicted molar refractivity (Wildman–Crippen MR) is 147 cm³/mol. The fraction of sp³-hybridized carbons (Fsp3) is 0.618. The van der Waals surface area contributed by atoms with Crippen LogP contribution in [0.25, 0.3) is 0 Å². The van der Waals surface area contributed by atoms with Crippen LogP contribution in [-0.2, 0) is 11.2 Å². The maximum atomic E-state index is 12.8. The summed E-state index contributed by atoms with van der Waals surface area (Å²) in [6.45, 7) is 6.13. The smallest absolute Gasteiger partial charge is 0.139 e. The Labute approximate surface area is 217 Å². The zero-order valence-electron chi connectivity index (χ0n) is 22.3. The van der Waals surface area contributed by atoms with Gasteiger partial charge in [0.1, 0.15) is 5.78 Å². The molecule has 36 heavy (non-hydrogen) atoms. The van der Waals surface area contributed by atoms with Crippen LogP contribution in [0.15, 0.2) is 54.6 Å². The fourth-order valence-corrected chi connectivity index (χ4v) is 10.4. The zero-order valence-corrected chi connectivity index (χ0v) is 22.3. The minimum absolute atomic E-state index is 0.00353. The molecule has 0 aromatic heterocycles. The quantitative estimate of drug-likeness (QED) is 0.433. The summed E-state index contributed by atoms with van der Waals surface area (Å²) in [6, 6.07) is 21.0. The molecule has 0 saturated heterocycles. The minimum Gasteiger partial charge on any atom is -0.364 e. The zero-order chi connectivity index (χ0) is 24.5. The molecule has 2 heteroatoms. The Morgan fingerprint density at radius 1 is 0.806 bits per heavy atom. The number of anilines is 1. The molecule has 0 amide bonds. The van der Waals surface area contributed by atoms with Crippen molar-refractivity contribution in [3.8, 4) is 0 Å². The average Bonchev–Trinajstić information content (AvgIpc) is 3.22. The molecular formula is C34H43NO. The van der Waals surface area contributed by atoms with Crippen molar-refractivity contribution >= 4 is 11.5 Å². The van der Waals surface area contributed by atoms with Crippen molar-refractivity contribution in [2.75, 3.05) is 11.4 Å². The van der Waals surface area contributed by atoms with E-state index < -0.39 is 0 Å². The number of nitrogens with zero attached hydrogens (tertiary/aromatic N) is 1. The van der Waals surface area contributed by atoms with Gasteiger partial charge in [0.15, 0.2) is 0 Å². The normalized spacial score (nSPS) is 41.7. The molecule has 1 heterocycles. The number of benzene rings is 2. The highest BCUT2D eigenvalue weighted by Crippen LogP contribution is 2.66. The van der Waals surface area contributed by atoms with E-state index in [-0.39, 0.29) is 5.41 Å². The third-order valence-corrected chi connectivity index (χ3v) is 12.3. The van der Waals surface area contributed by atoms with Gasteiger partial charge >= 0.3 is 0 Å². The number of ketones is 1. The van der Waals surface area contributed by atoms with Crippen LogP contribution in [0, 0.1) is 40.4 Å². The first-order chi connectivity index (χ1) is 17.5. The number of Topliss-reactive ketones (excluding diaryl/α,β-unsaturated/α-hetero) is 1. The number of hydrogen-bond acceptors (Lipinski definition) is 2. The van der Waals surface area contributed by atoms with Crippen LogP contribution in [-0.4, -0.2) is 12.3 Å². The van der Waals surface area contributed by atoms with Crippen LogP contribution < -0.4 is 4.90 Å². The van der Waals surface area contributed by atoms with E-state index in [2.05, 4.69) is 73.3 Å². The Balaban J connectivity index is 1.18. The van der Waals surface area contributed by atoms with Crippen LogP contribution >= 0.6 is 0 Å². The average molecular weight is 482 g/mol. The van der Waals surface area contributed by atoms with Crippen LogP contribution in [0.1, 0.15) is 88.8 Å². The maximum absolute atomic E-state index is 12.8. The van der Waals surface area contributed by atoms with E-state index in [1.165, 1.54) is 50.6 Å². The highest BCUT2D eigenvalue weighted by atomic mass is 16.1. The summed E-state index contributed by atoms with van der Waals surface area (Å²) >= 11 is 0. The topological polar surface area (TPSA) is 20.3 Å². The lowest BCUT2D eigenvalue weighted by Crippen LogP contribution is -2.54. The molecule has 0 radical (unpaired) electrons. The first kappa shape index (κ1) is 23.1. The Morgan fingerprint density at radius 2 is 1.61 bits per heavy atom. The van der Waals surface area contributed by atoms with Gasteiger partial charge in [0.25, 0.3) is 0 Å². The monoisotopic (exact) mass is 481 g/mol. The molecule has 2 aromatic carbocycles. The van der Waals surface area contributed by atoms with Gasteiger partial charge in [-0.15, -0.1) is 0 Å².